The minimum Gasteiger partial charge on any atom is -0.480 e. The molecule has 2 amide bonds. The van der Waals surface area contributed by atoms with Gasteiger partial charge in [-0.2, -0.15) is 0 Å². The number of carboxylic acid groups (broad SMARTS) is 1. The molecule has 1 atom stereocenters. The van der Waals surface area contributed by atoms with Crippen LogP contribution in [0.2, 0.25) is 0 Å². The number of ether oxygens (including phenoxy) is 1. The van der Waals surface area contributed by atoms with E-state index in [2.05, 4.69) is 17.4 Å². The van der Waals surface area contributed by atoms with Crippen molar-refractivity contribution in [3.05, 3.63) is 59.7 Å². The van der Waals surface area contributed by atoms with Crippen molar-refractivity contribution in [3.63, 3.8) is 0 Å². The van der Waals surface area contributed by atoms with Crippen LogP contribution in [0.1, 0.15) is 64.0 Å². The van der Waals surface area contributed by atoms with Crippen molar-refractivity contribution in [2.24, 2.45) is 0 Å². The summed E-state index contributed by atoms with van der Waals surface area (Å²) in [4.78, 5) is 38.7. The zero-order chi connectivity index (χ0) is 24.9. The molecule has 2 aromatic carbocycles. The summed E-state index contributed by atoms with van der Waals surface area (Å²) in [5, 5.41) is 12.0. The van der Waals surface area contributed by atoms with E-state index in [4.69, 9.17) is 4.74 Å². The summed E-state index contributed by atoms with van der Waals surface area (Å²) < 4.78 is 5.61. The Balaban J connectivity index is 1.72. The van der Waals surface area contributed by atoms with E-state index in [1.807, 2.05) is 43.3 Å². The number of aliphatic carboxylic acids is 1. The molecule has 1 aliphatic carbocycles. The number of hydrogen-bond donors (Lipinski definition) is 2. The maximum atomic E-state index is 13.2. The molecule has 2 aromatic rings. The molecule has 0 heterocycles. The molecular weight excluding hydrogens is 432 g/mol. The quantitative estimate of drug-likeness (QED) is 0.554. The third kappa shape index (κ3) is 5.76. The summed E-state index contributed by atoms with van der Waals surface area (Å²) in [6.07, 6.45) is 1.28. The minimum atomic E-state index is -1.10. The van der Waals surface area contributed by atoms with Crippen LogP contribution in [0.5, 0.6) is 0 Å². The maximum absolute atomic E-state index is 13.2. The lowest BCUT2D eigenvalue weighted by molar-refractivity contribution is -0.149. The number of carbonyl (C=O) groups is 3. The van der Waals surface area contributed by atoms with Crippen LogP contribution in [-0.2, 0) is 14.3 Å². The van der Waals surface area contributed by atoms with Gasteiger partial charge in [-0.25, -0.2) is 4.79 Å². The number of carbonyl (C=O) groups excluding carboxylic acids is 2. The van der Waals surface area contributed by atoms with Crippen LogP contribution in [0, 0.1) is 0 Å². The number of rotatable bonds is 9. The lowest BCUT2D eigenvalue weighted by Gasteiger charge is -2.37. The zero-order valence-corrected chi connectivity index (χ0v) is 20.3. The molecule has 1 aliphatic rings. The molecule has 34 heavy (non-hydrogen) atoms. The summed E-state index contributed by atoms with van der Waals surface area (Å²) in [5.74, 6) is -1.60. The van der Waals surface area contributed by atoms with Gasteiger partial charge in [-0.05, 0) is 49.4 Å². The van der Waals surface area contributed by atoms with Crippen LogP contribution in [0.15, 0.2) is 48.5 Å². The van der Waals surface area contributed by atoms with Crippen LogP contribution in [0.4, 0.5) is 4.79 Å². The summed E-state index contributed by atoms with van der Waals surface area (Å²) >= 11 is 0. The topological polar surface area (TPSA) is 95.9 Å². The van der Waals surface area contributed by atoms with Gasteiger partial charge in [0.05, 0.1) is 0 Å². The van der Waals surface area contributed by atoms with E-state index in [0.717, 1.165) is 28.7 Å². The van der Waals surface area contributed by atoms with Crippen molar-refractivity contribution in [1.29, 1.82) is 0 Å². The van der Waals surface area contributed by atoms with Gasteiger partial charge in [0, 0.05) is 11.5 Å². The Morgan fingerprint density at radius 1 is 1.03 bits per heavy atom. The maximum Gasteiger partial charge on any atom is 0.407 e. The molecule has 7 heteroatoms. The Kier molecular flexibility index (Phi) is 7.97. The normalized spacial score (nSPS) is 13.5. The van der Waals surface area contributed by atoms with E-state index >= 15 is 0 Å². The van der Waals surface area contributed by atoms with Crippen LogP contribution in [-0.4, -0.2) is 52.7 Å². The molecule has 0 fully saturated rings. The molecule has 0 radical (unpaired) electrons. The average Bonchev–Trinajstić information content (AvgIpc) is 3.11. The van der Waals surface area contributed by atoms with Crippen LogP contribution >= 0.6 is 0 Å². The Labute approximate surface area is 201 Å². The average molecular weight is 467 g/mol. The predicted molar refractivity (Wildman–Crippen MR) is 131 cm³/mol. The number of amides is 2. The molecule has 2 N–H and O–H groups in total. The second-order valence-corrected chi connectivity index (χ2v) is 9.65. The lowest BCUT2D eigenvalue weighted by atomic mass is 9.98. The number of unbranched alkanes of at least 4 members (excludes halogenated alkanes) is 1. The fourth-order valence-electron chi connectivity index (χ4n) is 4.42. The number of nitrogens with zero attached hydrogens (tertiary/aromatic N) is 1. The van der Waals surface area contributed by atoms with Crippen LogP contribution in [0.3, 0.4) is 0 Å². The molecule has 0 unspecified atom stereocenters. The molecule has 0 spiro atoms. The van der Waals surface area contributed by atoms with E-state index in [-0.39, 0.29) is 12.5 Å². The first kappa shape index (κ1) is 25.3. The Hall–Kier alpha value is -3.35. The monoisotopic (exact) mass is 466 g/mol. The van der Waals surface area contributed by atoms with Crippen molar-refractivity contribution >= 4 is 18.0 Å². The molecule has 0 aliphatic heterocycles. The van der Waals surface area contributed by atoms with Gasteiger partial charge in [0.15, 0.2) is 0 Å². The SMILES string of the molecule is CCCC[C@H](NC(=O)OCC1c2ccccc2-c2ccccc21)C(=O)N(CC(=O)O)C(C)(C)C. The number of hydrogen-bond acceptors (Lipinski definition) is 4. The molecule has 182 valence electrons. The van der Waals surface area contributed by atoms with Crippen molar-refractivity contribution in [2.75, 3.05) is 13.2 Å². The van der Waals surface area contributed by atoms with Gasteiger partial charge in [0.1, 0.15) is 19.2 Å². The van der Waals surface area contributed by atoms with Gasteiger partial charge in [0.25, 0.3) is 0 Å². The summed E-state index contributed by atoms with van der Waals surface area (Å²) in [5.41, 5.74) is 3.78. The number of carboxylic acids is 1. The van der Waals surface area contributed by atoms with Gasteiger partial charge in [-0.1, -0.05) is 68.3 Å². The molecule has 7 nitrogen and oxygen atoms in total. The largest absolute Gasteiger partial charge is 0.480 e. The third-order valence-electron chi connectivity index (χ3n) is 6.15. The van der Waals surface area contributed by atoms with E-state index in [9.17, 15) is 19.5 Å². The van der Waals surface area contributed by atoms with Crippen molar-refractivity contribution < 1.29 is 24.2 Å². The molecule has 0 bridgehead atoms. The highest BCUT2D eigenvalue weighted by atomic mass is 16.5. The predicted octanol–water partition coefficient (Wildman–Crippen LogP) is 4.80. The van der Waals surface area contributed by atoms with E-state index in [0.29, 0.717) is 12.8 Å². The lowest BCUT2D eigenvalue weighted by Crippen LogP contribution is -2.56. The fraction of sp³-hybridized carbons (Fsp3) is 0.444. The molecule has 0 saturated carbocycles. The Morgan fingerprint density at radius 2 is 1.59 bits per heavy atom. The second-order valence-electron chi connectivity index (χ2n) is 9.65. The molecule has 0 aromatic heterocycles. The Morgan fingerprint density at radius 3 is 2.09 bits per heavy atom. The van der Waals surface area contributed by atoms with Crippen molar-refractivity contribution in [2.45, 2.75) is 64.5 Å². The number of nitrogens with one attached hydrogen (secondary N) is 1. The van der Waals surface area contributed by atoms with Gasteiger partial charge >= 0.3 is 12.1 Å². The van der Waals surface area contributed by atoms with Gasteiger partial charge in [0.2, 0.25) is 5.91 Å². The van der Waals surface area contributed by atoms with Crippen LogP contribution in [0.25, 0.3) is 11.1 Å². The highest BCUT2D eigenvalue weighted by molar-refractivity contribution is 5.88. The highest BCUT2D eigenvalue weighted by Crippen LogP contribution is 2.44. The van der Waals surface area contributed by atoms with Crippen LogP contribution < -0.4 is 5.32 Å². The molecule has 0 saturated heterocycles. The highest BCUT2D eigenvalue weighted by Gasteiger charge is 2.34. The van der Waals surface area contributed by atoms with Crippen molar-refractivity contribution in [1.82, 2.24) is 10.2 Å². The zero-order valence-electron chi connectivity index (χ0n) is 20.3. The van der Waals surface area contributed by atoms with E-state index in [1.165, 1.54) is 4.90 Å². The van der Waals surface area contributed by atoms with Crippen molar-refractivity contribution in [3.8, 4) is 11.1 Å². The number of benzene rings is 2. The van der Waals surface area contributed by atoms with E-state index in [1.54, 1.807) is 20.8 Å². The summed E-state index contributed by atoms with van der Waals surface area (Å²) in [6, 6.07) is 15.3. The molecule has 3 rings (SSSR count). The van der Waals surface area contributed by atoms with Gasteiger partial charge in [-0.3, -0.25) is 9.59 Å². The Bertz CT molecular complexity index is 998. The third-order valence-corrected chi connectivity index (χ3v) is 6.15. The minimum absolute atomic E-state index is 0.0824. The second kappa shape index (κ2) is 10.7. The standard InChI is InChI=1S/C27H34N2O5/c1-5-6-15-23(25(32)29(16-24(30)31)27(2,3)4)28-26(33)34-17-22-20-13-9-7-11-18(20)19-12-8-10-14-21(19)22/h7-14,22-23H,5-6,15-17H2,1-4H3,(H,28,33)(H,30,31)/t23-/m0/s1. The van der Waals surface area contributed by atoms with Gasteiger partial charge < -0.3 is 20.1 Å². The van der Waals surface area contributed by atoms with Gasteiger partial charge in [-0.15, -0.1) is 0 Å². The summed E-state index contributed by atoms with van der Waals surface area (Å²) in [6.45, 7) is 7.03. The number of fused-ring (bicyclic) bond motifs is 3. The number of alkyl carbamates (subject to hydrolysis) is 1. The first-order valence-corrected chi connectivity index (χ1v) is 11.8. The first-order valence-electron chi connectivity index (χ1n) is 11.8. The molecular formula is C27H34N2O5. The summed E-state index contributed by atoms with van der Waals surface area (Å²) in [7, 11) is 0. The fourth-order valence-corrected chi connectivity index (χ4v) is 4.42. The first-order chi connectivity index (χ1) is 16.1. The smallest absolute Gasteiger partial charge is 0.407 e. The van der Waals surface area contributed by atoms with E-state index < -0.39 is 36.1 Å².